The van der Waals surface area contributed by atoms with Gasteiger partial charge in [0, 0.05) is 5.56 Å². The van der Waals surface area contributed by atoms with Gasteiger partial charge in [-0.3, -0.25) is 9.52 Å². The van der Waals surface area contributed by atoms with Gasteiger partial charge in [0.25, 0.3) is 15.9 Å². The van der Waals surface area contributed by atoms with Crippen LogP contribution >= 0.6 is 0 Å². The molecule has 7 heteroatoms. The molecule has 31 heavy (non-hydrogen) atoms. The largest absolute Gasteiger partial charge is 0.346 e. The molecule has 0 aromatic heterocycles. The number of anilines is 1. The molecule has 0 bridgehead atoms. The van der Waals surface area contributed by atoms with Crippen LogP contribution in [0.5, 0.6) is 0 Å². The maximum atomic E-state index is 13.1. The lowest BCUT2D eigenvalue weighted by molar-refractivity contribution is 0.0939. The number of carbonyl (C=O) groups excluding carboxylic acids is 1. The average molecular weight is 441 g/mol. The minimum absolute atomic E-state index is 0.0375. The van der Waals surface area contributed by atoms with E-state index in [-0.39, 0.29) is 22.3 Å². The summed E-state index contributed by atoms with van der Waals surface area (Å²) in [5.74, 6) is -0.771. The third-order valence-corrected chi connectivity index (χ3v) is 6.60. The minimum atomic E-state index is -3.90. The Morgan fingerprint density at radius 1 is 0.903 bits per heavy atom. The van der Waals surface area contributed by atoms with Crippen molar-refractivity contribution in [3.8, 4) is 0 Å². The Labute approximate surface area is 182 Å². The van der Waals surface area contributed by atoms with E-state index in [4.69, 9.17) is 0 Å². The van der Waals surface area contributed by atoms with Crippen LogP contribution in [0.1, 0.15) is 45.6 Å². The molecule has 0 spiro atoms. The quantitative estimate of drug-likeness (QED) is 0.564. The van der Waals surface area contributed by atoms with Crippen LogP contribution in [0.15, 0.2) is 65.6 Å². The highest BCUT2D eigenvalue weighted by Gasteiger charge is 2.21. The molecule has 1 amide bonds. The number of nitrogens with one attached hydrogen (secondary N) is 2. The Kier molecular flexibility index (Phi) is 6.45. The van der Waals surface area contributed by atoms with Crippen molar-refractivity contribution in [1.29, 1.82) is 0 Å². The summed E-state index contributed by atoms with van der Waals surface area (Å²) in [6.45, 7) is 7.17. The van der Waals surface area contributed by atoms with Crippen molar-refractivity contribution >= 4 is 21.6 Å². The third kappa shape index (κ3) is 5.30. The van der Waals surface area contributed by atoms with Crippen LogP contribution in [0.4, 0.5) is 10.1 Å². The van der Waals surface area contributed by atoms with Crippen LogP contribution in [-0.4, -0.2) is 14.3 Å². The molecule has 162 valence electrons. The van der Waals surface area contributed by atoms with Gasteiger partial charge in [-0.05, 0) is 80.3 Å². The molecule has 0 aliphatic rings. The van der Waals surface area contributed by atoms with Gasteiger partial charge < -0.3 is 5.32 Å². The number of hydrogen-bond acceptors (Lipinski definition) is 3. The summed E-state index contributed by atoms with van der Waals surface area (Å²) in [5.41, 5.74) is 3.73. The summed E-state index contributed by atoms with van der Waals surface area (Å²) >= 11 is 0. The molecule has 0 aliphatic carbocycles. The standard InChI is InChI=1S/C24H25FN2O3S/c1-15-5-6-16(2)22(13-15)27-31(29,30)23-14-20(8-7-17(23)3)24(28)26-18(4)19-9-11-21(25)12-10-19/h5-14,18,27H,1-4H3,(H,26,28)/t18-/m1/s1. The van der Waals surface area contributed by atoms with E-state index in [9.17, 15) is 17.6 Å². The second kappa shape index (κ2) is 8.89. The van der Waals surface area contributed by atoms with Gasteiger partial charge in [-0.25, -0.2) is 12.8 Å². The smallest absolute Gasteiger partial charge is 0.262 e. The van der Waals surface area contributed by atoms with Gasteiger partial charge in [0.1, 0.15) is 5.82 Å². The van der Waals surface area contributed by atoms with Gasteiger partial charge in [0.15, 0.2) is 0 Å². The number of benzene rings is 3. The van der Waals surface area contributed by atoms with Gasteiger partial charge in [0.2, 0.25) is 0 Å². The van der Waals surface area contributed by atoms with Crippen LogP contribution in [0.25, 0.3) is 0 Å². The average Bonchev–Trinajstić information content (AvgIpc) is 2.71. The first-order valence-electron chi connectivity index (χ1n) is 9.84. The Morgan fingerprint density at radius 2 is 1.55 bits per heavy atom. The van der Waals surface area contributed by atoms with E-state index in [1.165, 1.54) is 18.2 Å². The maximum absolute atomic E-state index is 13.1. The first-order valence-corrected chi connectivity index (χ1v) is 11.3. The van der Waals surface area contributed by atoms with Crippen molar-refractivity contribution < 1.29 is 17.6 Å². The van der Waals surface area contributed by atoms with Gasteiger partial charge in [-0.2, -0.15) is 0 Å². The summed E-state index contributed by atoms with van der Waals surface area (Å²) < 4.78 is 41.9. The molecule has 3 rings (SSSR count). The van der Waals surface area contributed by atoms with Gasteiger partial charge >= 0.3 is 0 Å². The molecule has 0 heterocycles. The van der Waals surface area contributed by atoms with E-state index >= 15 is 0 Å². The summed E-state index contributed by atoms with van der Waals surface area (Å²) in [6.07, 6.45) is 0. The third-order valence-electron chi connectivity index (χ3n) is 5.09. The zero-order valence-corrected chi connectivity index (χ0v) is 18.7. The lowest BCUT2D eigenvalue weighted by atomic mass is 10.1. The summed E-state index contributed by atoms with van der Waals surface area (Å²) in [4.78, 5) is 12.8. The minimum Gasteiger partial charge on any atom is -0.346 e. The SMILES string of the molecule is Cc1ccc(C)c(NS(=O)(=O)c2cc(C(=O)N[C@H](C)c3ccc(F)cc3)ccc2C)c1. The number of halogens is 1. The summed E-state index contributed by atoms with van der Waals surface area (Å²) in [7, 11) is -3.90. The van der Waals surface area contributed by atoms with E-state index in [1.54, 1.807) is 44.2 Å². The number of amides is 1. The van der Waals surface area contributed by atoms with Crippen molar-refractivity contribution in [2.75, 3.05) is 4.72 Å². The normalized spacial score (nSPS) is 12.3. The van der Waals surface area contributed by atoms with E-state index < -0.39 is 15.9 Å². The Hall–Kier alpha value is -3.19. The molecule has 0 aliphatic heterocycles. The van der Waals surface area contributed by atoms with Crippen molar-refractivity contribution in [3.05, 3.63) is 94.3 Å². The fourth-order valence-corrected chi connectivity index (χ4v) is 4.58. The Balaban J connectivity index is 1.85. The van der Waals surface area contributed by atoms with E-state index in [1.807, 2.05) is 26.0 Å². The zero-order valence-electron chi connectivity index (χ0n) is 17.9. The summed E-state index contributed by atoms with van der Waals surface area (Å²) in [5, 5.41) is 2.82. The highest BCUT2D eigenvalue weighted by Crippen LogP contribution is 2.24. The molecule has 3 aromatic rings. The fraction of sp³-hybridized carbons (Fsp3) is 0.208. The van der Waals surface area contributed by atoms with Crippen LogP contribution in [0.2, 0.25) is 0 Å². The Morgan fingerprint density at radius 3 is 2.23 bits per heavy atom. The second-order valence-electron chi connectivity index (χ2n) is 7.65. The molecule has 2 N–H and O–H groups in total. The van der Waals surface area contributed by atoms with Crippen molar-refractivity contribution in [2.24, 2.45) is 0 Å². The number of aryl methyl sites for hydroxylation is 3. The monoisotopic (exact) mass is 440 g/mol. The molecule has 1 atom stereocenters. The number of rotatable bonds is 6. The van der Waals surface area contributed by atoms with Crippen LogP contribution in [0, 0.1) is 26.6 Å². The zero-order chi connectivity index (χ0) is 22.8. The van der Waals surface area contributed by atoms with Crippen molar-refractivity contribution in [2.45, 2.75) is 38.6 Å². The predicted molar refractivity (Wildman–Crippen MR) is 120 cm³/mol. The molecule has 0 radical (unpaired) electrons. The number of carbonyl (C=O) groups is 1. The van der Waals surface area contributed by atoms with Gasteiger partial charge in [-0.15, -0.1) is 0 Å². The van der Waals surface area contributed by atoms with Gasteiger partial charge in [-0.1, -0.05) is 30.3 Å². The molecule has 3 aromatic carbocycles. The molecule has 0 fully saturated rings. The van der Waals surface area contributed by atoms with Crippen molar-refractivity contribution in [3.63, 3.8) is 0 Å². The van der Waals surface area contributed by atoms with Crippen molar-refractivity contribution in [1.82, 2.24) is 5.32 Å². The van der Waals surface area contributed by atoms with E-state index in [0.29, 0.717) is 11.3 Å². The molecule has 0 saturated carbocycles. The highest BCUT2D eigenvalue weighted by molar-refractivity contribution is 7.92. The lowest BCUT2D eigenvalue weighted by Gasteiger charge is -2.16. The topological polar surface area (TPSA) is 75.3 Å². The molecule has 0 unspecified atom stereocenters. The second-order valence-corrected chi connectivity index (χ2v) is 9.30. The first kappa shape index (κ1) is 22.5. The maximum Gasteiger partial charge on any atom is 0.262 e. The molecule has 5 nitrogen and oxygen atoms in total. The molecule has 0 saturated heterocycles. The van der Waals surface area contributed by atoms with E-state index in [2.05, 4.69) is 10.0 Å². The summed E-state index contributed by atoms with van der Waals surface area (Å²) in [6, 6.07) is 15.6. The van der Waals surface area contributed by atoms with Crippen LogP contribution < -0.4 is 10.0 Å². The lowest BCUT2D eigenvalue weighted by Crippen LogP contribution is -2.27. The van der Waals surface area contributed by atoms with Crippen LogP contribution in [0.3, 0.4) is 0 Å². The predicted octanol–water partition coefficient (Wildman–Crippen LogP) is 5.04. The van der Waals surface area contributed by atoms with Crippen LogP contribution in [-0.2, 0) is 10.0 Å². The molecular weight excluding hydrogens is 415 g/mol. The van der Waals surface area contributed by atoms with Gasteiger partial charge in [0.05, 0.1) is 16.6 Å². The number of sulfonamides is 1. The Bertz CT molecular complexity index is 1220. The highest BCUT2D eigenvalue weighted by atomic mass is 32.2. The molecular formula is C24H25FN2O3S. The van der Waals surface area contributed by atoms with E-state index in [0.717, 1.165) is 16.7 Å². The fourth-order valence-electron chi connectivity index (χ4n) is 3.19. The first-order chi connectivity index (χ1) is 14.6. The number of hydrogen-bond donors (Lipinski definition) is 2.